The minimum atomic E-state index is -0.434. The minimum Gasteiger partial charge on any atom is -0.496 e. The number of rotatable bonds is 6. The number of ether oxygens (including phenoxy) is 1. The van der Waals surface area contributed by atoms with Crippen molar-refractivity contribution in [1.82, 2.24) is 5.32 Å². The van der Waals surface area contributed by atoms with Crippen molar-refractivity contribution in [3.63, 3.8) is 0 Å². The zero-order chi connectivity index (χ0) is 13.6. The molecule has 0 spiro atoms. The molecule has 0 saturated carbocycles. The van der Waals surface area contributed by atoms with Crippen LogP contribution in [0.3, 0.4) is 0 Å². The smallest absolute Gasteiger partial charge is 0.225 e. The molecule has 0 heterocycles. The van der Waals surface area contributed by atoms with Crippen LogP contribution in [-0.4, -0.2) is 19.6 Å². The highest BCUT2D eigenvalue weighted by molar-refractivity contribution is 5.81. The molecule has 0 aromatic heterocycles. The predicted octanol–water partition coefficient (Wildman–Crippen LogP) is 1.69. The van der Waals surface area contributed by atoms with Crippen molar-refractivity contribution in [1.29, 1.82) is 0 Å². The Labute approximate surface area is 109 Å². The van der Waals surface area contributed by atoms with Crippen molar-refractivity contribution in [2.75, 3.05) is 13.7 Å². The van der Waals surface area contributed by atoms with E-state index in [0.717, 1.165) is 11.3 Å². The van der Waals surface area contributed by atoms with Crippen LogP contribution in [-0.2, 0) is 11.3 Å². The maximum atomic E-state index is 12.0. The van der Waals surface area contributed by atoms with E-state index < -0.39 is 5.41 Å². The van der Waals surface area contributed by atoms with Gasteiger partial charge in [0.05, 0.1) is 7.11 Å². The summed E-state index contributed by atoms with van der Waals surface area (Å²) in [6, 6.07) is 7.65. The van der Waals surface area contributed by atoms with Crippen LogP contribution < -0.4 is 15.8 Å². The van der Waals surface area contributed by atoms with E-state index in [1.807, 2.05) is 38.1 Å². The summed E-state index contributed by atoms with van der Waals surface area (Å²) in [4.78, 5) is 12.0. The van der Waals surface area contributed by atoms with Crippen molar-refractivity contribution in [3.05, 3.63) is 29.8 Å². The predicted molar refractivity (Wildman–Crippen MR) is 72.3 cm³/mol. The van der Waals surface area contributed by atoms with E-state index in [1.54, 1.807) is 7.11 Å². The maximum absolute atomic E-state index is 12.0. The Hall–Kier alpha value is -1.55. The number of hydrogen-bond donors (Lipinski definition) is 2. The van der Waals surface area contributed by atoms with Crippen molar-refractivity contribution in [3.8, 4) is 5.75 Å². The van der Waals surface area contributed by atoms with Crippen LogP contribution in [0, 0.1) is 5.41 Å². The number of nitrogens with two attached hydrogens (primary N) is 1. The lowest BCUT2D eigenvalue weighted by Crippen LogP contribution is -2.37. The third-order valence-electron chi connectivity index (χ3n) is 3.02. The van der Waals surface area contributed by atoms with E-state index in [1.165, 1.54) is 0 Å². The molecule has 0 bridgehead atoms. The first-order valence-electron chi connectivity index (χ1n) is 6.11. The Kier molecular flexibility index (Phi) is 5.16. The van der Waals surface area contributed by atoms with E-state index in [4.69, 9.17) is 10.5 Å². The van der Waals surface area contributed by atoms with Gasteiger partial charge in [0.1, 0.15) is 5.75 Å². The highest BCUT2D eigenvalue weighted by Crippen LogP contribution is 2.21. The van der Waals surface area contributed by atoms with E-state index >= 15 is 0 Å². The lowest BCUT2D eigenvalue weighted by atomic mass is 9.88. The van der Waals surface area contributed by atoms with Crippen LogP contribution in [0.2, 0.25) is 0 Å². The summed E-state index contributed by atoms with van der Waals surface area (Å²) in [6.07, 6.45) is 0.671. The SMILES string of the molecule is COc1ccccc1CNC(=O)C(C)(C)CCN. The summed E-state index contributed by atoms with van der Waals surface area (Å²) < 4.78 is 5.24. The first kappa shape index (κ1) is 14.5. The molecule has 4 nitrogen and oxygen atoms in total. The van der Waals surface area contributed by atoms with Gasteiger partial charge >= 0.3 is 0 Å². The second kappa shape index (κ2) is 6.40. The first-order chi connectivity index (χ1) is 8.51. The number of carbonyl (C=O) groups is 1. The van der Waals surface area contributed by atoms with Crippen molar-refractivity contribution in [2.24, 2.45) is 11.1 Å². The summed E-state index contributed by atoms with van der Waals surface area (Å²) >= 11 is 0. The molecule has 4 heteroatoms. The molecular weight excluding hydrogens is 228 g/mol. The molecule has 0 aliphatic rings. The van der Waals surface area contributed by atoms with Gasteiger partial charge in [-0.25, -0.2) is 0 Å². The summed E-state index contributed by atoms with van der Waals surface area (Å²) in [5.74, 6) is 0.799. The van der Waals surface area contributed by atoms with E-state index in [0.29, 0.717) is 19.5 Å². The van der Waals surface area contributed by atoms with E-state index in [2.05, 4.69) is 5.32 Å². The van der Waals surface area contributed by atoms with Crippen LogP contribution in [0.4, 0.5) is 0 Å². The number of benzene rings is 1. The highest BCUT2D eigenvalue weighted by Gasteiger charge is 2.26. The van der Waals surface area contributed by atoms with Gasteiger partial charge < -0.3 is 15.8 Å². The molecule has 0 aliphatic heterocycles. The van der Waals surface area contributed by atoms with Gasteiger partial charge in [-0.3, -0.25) is 4.79 Å². The largest absolute Gasteiger partial charge is 0.496 e. The highest BCUT2D eigenvalue weighted by atomic mass is 16.5. The van der Waals surface area contributed by atoms with Crippen LogP contribution >= 0.6 is 0 Å². The summed E-state index contributed by atoms with van der Waals surface area (Å²) in [5.41, 5.74) is 6.04. The molecule has 0 atom stereocenters. The second-order valence-electron chi connectivity index (χ2n) is 4.92. The van der Waals surface area contributed by atoms with Gasteiger partial charge in [-0.1, -0.05) is 32.0 Å². The topological polar surface area (TPSA) is 64.3 Å². The third kappa shape index (κ3) is 3.74. The lowest BCUT2D eigenvalue weighted by molar-refractivity contribution is -0.129. The van der Waals surface area contributed by atoms with Crippen LogP contribution in [0.5, 0.6) is 5.75 Å². The van der Waals surface area contributed by atoms with Gasteiger partial charge in [0.15, 0.2) is 0 Å². The molecule has 18 heavy (non-hydrogen) atoms. The van der Waals surface area contributed by atoms with Crippen LogP contribution in [0.25, 0.3) is 0 Å². The summed E-state index contributed by atoms with van der Waals surface area (Å²) in [6.45, 7) is 4.78. The molecular formula is C14H22N2O2. The third-order valence-corrected chi connectivity index (χ3v) is 3.02. The number of hydrogen-bond acceptors (Lipinski definition) is 3. The minimum absolute atomic E-state index is 0.0128. The average Bonchev–Trinajstić information content (AvgIpc) is 2.36. The molecule has 1 aromatic carbocycles. The van der Waals surface area contributed by atoms with Gasteiger partial charge in [-0.2, -0.15) is 0 Å². The Morgan fingerprint density at radius 1 is 1.39 bits per heavy atom. The molecule has 1 rings (SSSR count). The Balaban J connectivity index is 2.62. The number of methoxy groups -OCH3 is 1. The second-order valence-corrected chi connectivity index (χ2v) is 4.92. The fraction of sp³-hybridized carbons (Fsp3) is 0.500. The number of para-hydroxylation sites is 1. The average molecular weight is 250 g/mol. The standard InChI is InChI=1S/C14H22N2O2/c1-14(2,8-9-15)13(17)16-10-11-6-4-5-7-12(11)18-3/h4-7H,8-10,15H2,1-3H3,(H,16,17). The van der Waals surface area contributed by atoms with Gasteiger partial charge in [0.25, 0.3) is 0 Å². The fourth-order valence-corrected chi connectivity index (χ4v) is 1.74. The van der Waals surface area contributed by atoms with Crippen LogP contribution in [0.15, 0.2) is 24.3 Å². The van der Waals surface area contributed by atoms with Crippen molar-refractivity contribution in [2.45, 2.75) is 26.8 Å². The Morgan fingerprint density at radius 2 is 2.06 bits per heavy atom. The molecule has 0 unspecified atom stereocenters. The lowest BCUT2D eigenvalue weighted by Gasteiger charge is -2.23. The molecule has 3 N–H and O–H groups in total. The zero-order valence-electron chi connectivity index (χ0n) is 11.3. The number of carbonyl (C=O) groups excluding carboxylic acids is 1. The van der Waals surface area contributed by atoms with E-state index in [-0.39, 0.29) is 5.91 Å². The Morgan fingerprint density at radius 3 is 2.67 bits per heavy atom. The monoisotopic (exact) mass is 250 g/mol. The number of nitrogens with one attached hydrogen (secondary N) is 1. The molecule has 100 valence electrons. The van der Waals surface area contributed by atoms with Gasteiger partial charge in [-0.05, 0) is 19.0 Å². The van der Waals surface area contributed by atoms with Gasteiger partial charge in [0.2, 0.25) is 5.91 Å². The van der Waals surface area contributed by atoms with Gasteiger partial charge in [-0.15, -0.1) is 0 Å². The van der Waals surface area contributed by atoms with Crippen molar-refractivity contribution >= 4 is 5.91 Å². The zero-order valence-corrected chi connectivity index (χ0v) is 11.3. The summed E-state index contributed by atoms with van der Waals surface area (Å²) in [5, 5.41) is 2.92. The Bertz CT molecular complexity index is 403. The number of amides is 1. The van der Waals surface area contributed by atoms with Crippen molar-refractivity contribution < 1.29 is 9.53 Å². The summed E-state index contributed by atoms with van der Waals surface area (Å²) in [7, 11) is 1.62. The molecule has 1 aromatic rings. The molecule has 1 amide bonds. The molecule has 0 saturated heterocycles. The molecule has 0 radical (unpaired) electrons. The fourth-order valence-electron chi connectivity index (χ4n) is 1.74. The van der Waals surface area contributed by atoms with Crippen LogP contribution in [0.1, 0.15) is 25.8 Å². The maximum Gasteiger partial charge on any atom is 0.225 e. The molecule has 0 fully saturated rings. The quantitative estimate of drug-likeness (QED) is 0.807. The molecule has 0 aliphatic carbocycles. The first-order valence-corrected chi connectivity index (χ1v) is 6.11. The normalized spacial score (nSPS) is 11.1. The van der Waals surface area contributed by atoms with E-state index in [9.17, 15) is 4.79 Å². The van der Waals surface area contributed by atoms with Gasteiger partial charge in [0, 0.05) is 17.5 Å².